The molecule has 116 valence electrons. The Balaban J connectivity index is 2.37. The first-order chi connectivity index (χ1) is 9.55. The standard InChI is InChI=1S/C14H26N2O4/c1-3-19-13(17)6-5-11-7-12(15)9-16(8-11)10-14(18)20-4-2/h11-12H,3-10,15H2,1-2H3. The lowest BCUT2D eigenvalue weighted by molar-refractivity contribution is -0.146. The summed E-state index contributed by atoms with van der Waals surface area (Å²) in [4.78, 5) is 24.9. The molecule has 2 atom stereocenters. The van der Waals surface area contributed by atoms with E-state index < -0.39 is 0 Å². The monoisotopic (exact) mass is 286 g/mol. The van der Waals surface area contributed by atoms with Crippen LogP contribution in [-0.4, -0.2) is 55.7 Å². The minimum Gasteiger partial charge on any atom is -0.466 e. The van der Waals surface area contributed by atoms with Gasteiger partial charge in [-0.15, -0.1) is 0 Å². The van der Waals surface area contributed by atoms with Gasteiger partial charge in [0.05, 0.1) is 19.8 Å². The van der Waals surface area contributed by atoms with Gasteiger partial charge >= 0.3 is 11.9 Å². The molecule has 0 bridgehead atoms. The molecule has 6 heteroatoms. The van der Waals surface area contributed by atoms with Crippen molar-refractivity contribution < 1.29 is 19.1 Å². The van der Waals surface area contributed by atoms with Gasteiger partial charge in [-0.1, -0.05) is 0 Å². The first kappa shape index (κ1) is 16.9. The molecule has 0 aliphatic carbocycles. The minimum atomic E-state index is -0.217. The highest BCUT2D eigenvalue weighted by Gasteiger charge is 2.27. The van der Waals surface area contributed by atoms with Crippen molar-refractivity contribution in [3.63, 3.8) is 0 Å². The van der Waals surface area contributed by atoms with E-state index in [0.717, 1.165) is 19.4 Å². The van der Waals surface area contributed by atoms with Crippen LogP contribution < -0.4 is 5.73 Å². The molecule has 0 amide bonds. The molecule has 0 aromatic heterocycles. The summed E-state index contributed by atoms with van der Waals surface area (Å²) in [6.45, 7) is 6.17. The molecule has 6 nitrogen and oxygen atoms in total. The van der Waals surface area contributed by atoms with E-state index in [1.165, 1.54) is 0 Å². The van der Waals surface area contributed by atoms with Gasteiger partial charge in [0.2, 0.25) is 0 Å². The Morgan fingerprint density at radius 3 is 2.45 bits per heavy atom. The highest BCUT2D eigenvalue weighted by atomic mass is 16.5. The molecule has 1 fully saturated rings. The molecule has 0 aromatic carbocycles. The third-order valence-electron chi connectivity index (χ3n) is 3.37. The number of nitrogens with zero attached hydrogens (tertiary/aromatic N) is 1. The van der Waals surface area contributed by atoms with E-state index in [0.29, 0.717) is 32.1 Å². The molecule has 0 aromatic rings. The zero-order chi connectivity index (χ0) is 15.0. The van der Waals surface area contributed by atoms with Gasteiger partial charge in [0.1, 0.15) is 0 Å². The smallest absolute Gasteiger partial charge is 0.320 e. The molecule has 1 aliphatic heterocycles. The van der Waals surface area contributed by atoms with Gasteiger partial charge in [0.15, 0.2) is 0 Å². The van der Waals surface area contributed by atoms with Crippen LogP contribution in [0.5, 0.6) is 0 Å². The van der Waals surface area contributed by atoms with Crippen LogP contribution >= 0.6 is 0 Å². The highest BCUT2D eigenvalue weighted by molar-refractivity contribution is 5.71. The number of carbonyl (C=O) groups is 2. The van der Waals surface area contributed by atoms with Crippen molar-refractivity contribution in [3.05, 3.63) is 0 Å². The summed E-state index contributed by atoms with van der Waals surface area (Å²) in [5, 5.41) is 0. The number of carbonyl (C=O) groups excluding carboxylic acids is 2. The number of rotatable bonds is 7. The maximum Gasteiger partial charge on any atom is 0.320 e. The predicted molar refractivity (Wildman–Crippen MR) is 75.0 cm³/mol. The van der Waals surface area contributed by atoms with Gasteiger partial charge in [-0.3, -0.25) is 14.5 Å². The summed E-state index contributed by atoms with van der Waals surface area (Å²) in [6.07, 6.45) is 2.06. The molecule has 1 rings (SSSR count). The average Bonchev–Trinajstić information content (AvgIpc) is 2.36. The van der Waals surface area contributed by atoms with Crippen LogP contribution in [0.3, 0.4) is 0 Å². The third-order valence-corrected chi connectivity index (χ3v) is 3.37. The summed E-state index contributed by atoms with van der Waals surface area (Å²) in [5.74, 6) is -0.0492. The summed E-state index contributed by atoms with van der Waals surface area (Å²) in [5.41, 5.74) is 6.02. The van der Waals surface area contributed by atoms with Gasteiger partial charge in [-0.2, -0.15) is 0 Å². The van der Waals surface area contributed by atoms with E-state index in [9.17, 15) is 9.59 Å². The Morgan fingerprint density at radius 2 is 1.80 bits per heavy atom. The number of hydrogen-bond donors (Lipinski definition) is 1. The van der Waals surface area contributed by atoms with Gasteiger partial charge in [-0.05, 0) is 32.6 Å². The number of hydrogen-bond acceptors (Lipinski definition) is 6. The molecule has 0 spiro atoms. The van der Waals surface area contributed by atoms with Gasteiger partial charge in [0, 0.05) is 25.6 Å². The second kappa shape index (κ2) is 8.92. The molecule has 1 heterocycles. The van der Waals surface area contributed by atoms with E-state index in [4.69, 9.17) is 15.2 Å². The van der Waals surface area contributed by atoms with Crippen LogP contribution in [0.15, 0.2) is 0 Å². The first-order valence-electron chi connectivity index (χ1n) is 7.34. The van der Waals surface area contributed by atoms with Crippen molar-refractivity contribution in [1.29, 1.82) is 0 Å². The SMILES string of the molecule is CCOC(=O)CCC1CC(N)CN(CC(=O)OCC)C1. The quantitative estimate of drug-likeness (QED) is 0.688. The second-order valence-electron chi connectivity index (χ2n) is 5.20. The van der Waals surface area contributed by atoms with Crippen LogP contribution in [0.25, 0.3) is 0 Å². The van der Waals surface area contributed by atoms with Crippen LogP contribution in [0.1, 0.15) is 33.1 Å². The summed E-state index contributed by atoms with van der Waals surface area (Å²) in [6, 6.07) is 0.0466. The maximum atomic E-state index is 11.5. The number of nitrogens with two attached hydrogens (primary N) is 1. The maximum absolute atomic E-state index is 11.5. The Morgan fingerprint density at radius 1 is 1.15 bits per heavy atom. The molecule has 1 saturated heterocycles. The van der Waals surface area contributed by atoms with Crippen molar-refractivity contribution in [2.24, 2.45) is 11.7 Å². The zero-order valence-corrected chi connectivity index (χ0v) is 12.5. The molecule has 1 aliphatic rings. The van der Waals surface area contributed by atoms with E-state index in [1.54, 1.807) is 13.8 Å². The Bertz CT molecular complexity index is 322. The normalized spacial score (nSPS) is 23.4. The zero-order valence-electron chi connectivity index (χ0n) is 12.5. The van der Waals surface area contributed by atoms with Crippen molar-refractivity contribution in [2.45, 2.75) is 39.2 Å². The lowest BCUT2D eigenvalue weighted by Gasteiger charge is -2.35. The van der Waals surface area contributed by atoms with Crippen LogP contribution in [0.2, 0.25) is 0 Å². The largest absolute Gasteiger partial charge is 0.466 e. The molecular weight excluding hydrogens is 260 g/mol. The van der Waals surface area contributed by atoms with Crippen molar-refractivity contribution in [1.82, 2.24) is 4.90 Å². The topological polar surface area (TPSA) is 81.9 Å². The summed E-state index contributed by atoms with van der Waals surface area (Å²) >= 11 is 0. The lowest BCUT2D eigenvalue weighted by Crippen LogP contribution is -2.48. The Kier molecular flexibility index (Phi) is 7.54. The van der Waals surface area contributed by atoms with Crippen LogP contribution in [-0.2, 0) is 19.1 Å². The second-order valence-corrected chi connectivity index (χ2v) is 5.20. The minimum absolute atomic E-state index is 0.0466. The van der Waals surface area contributed by atoms with Crippen molar-refractivity contribution >= 4 is 11.9 Å². The molecule has 0 saturated carbocycles. The molecule has 20 heavy (non-hydrogen) atoms. The fourth-order valence-corrected chi connectivity index (χ4v) is 2.63. The highest BCUT2D eigenvalue weighted by Crippen LogP contribution is 2.20. The predicted octanol–water partition coefficient (Wildman–Crippen LogP) is 0.542. The first-order valence-corrected chi connectivity index (χ1v) is 7.34. The molecular formula is C14H26N2O4. The third kappa shape index (κ3) is 6.34. The fourth-order valence-electron chi connectivity index (χ4n) is 2.63. The Hall–Kier alpha value is -1.14. The van der Waals surface area contributed by atoms with E-state index in [2.05, 4.69) is 0 Å². The fraction of sp³-hybridized carbons (Fsp3) is 0.857. The molecule has 2 N–H and O–H groups in total. The van der Waals surface area contributed by atoms with Gasteiger partial charge < -0.3 is 15.2 Å². The average molecular weight is 286 g/mol. The molecule has 0 radical (unpaired) electrons. The van der Waals surface area contributed by atoms with E-state index >= 15 is 0 Å². The van der Waals surface area contributed by atoms with E-state index in [-0.39, 0.29) is 24.5 Å². The lowest BCUT2D eigenvalue weighted by atomic mass is 9.91. The van der Waals surface area contributed by atoms with Crippen LogP contribution in [0, 0.1) is 5.92 Å². The van der Waals surface area contributed by atoms with E-state index in [1.807, 2.05) is 4.90 Å². The number of likely N-dealkylation sites (tertiary alicyclic amines) is 1. The van der Waals surface area contributed by atoms with Gasteiger partial charge in [0.25, 0.3) is 0 Å². The number of piperidine rings is 1. The summed E-state index contributed by atoms with van der Waals surface area (Å²) < 4.78 is 9.87. The van der Waals surface area contributed by atoms with Gasteiger partial charge in [-0.25, -0.2) is 0 Å². The Labute approximate surface area is 120 Å². The van der Waals surface area contributed by atoms with Crippen molar-refractivity contribution in [3.8, 4) is 0 Å². The van der Waals surface area contributed by atoms with Crippen molar-refractivity contribution in [2.75, 3.05) is 32.8 Å². The van der Waals surface area contributed by atoms with Crippen LogP contribution in [0.4, 0.5) is 0 Å². The summed E-state index contributed by atoms with van der Waals surface area (Å²) in [7, 11) is 0. The number of ether oxygens (including phenoxy) is 2. The molecule has 2 unspecified atom stereocenters. The number of esters is 2.